The van der Waals surface area contributed by atoms with E-state index in [4.69, 9.17) is 27.5 Å². The van der Waals surface area contributed by atoms with Gasteiger partial charge in [-0.1, -0.05) is 18.5 Å². The topological polar surface area (TPSA) is 72.0 Å². The lowest BCUT2D eigenvalue weighted by Crippen LogP contribution is -2.13. The van der Waals surface area contributed by atoms with Crippen molar-refractivity contribution in [2.45, 2.75) is 20.0 Å². The average molecular weight is 290 g/mol. The first kappa shape index (κ1) is 14.3. The number of pyridine rings is 1. The molecule has 0 atom stereocenters. The van der Waals surface area contributed by atoms with Gasteiger partial charge in [-0.2, -0.15) is 0 Å². The number of aromatic nitrogens is 1. The van der Waals surface area contributed by atoms with Gasteiger partial charge in [0.1, 0.15) is 23.9 Å². The molecular weight excluding hydrogens is 274 g/mol. The van der Waals surface area contributed by atoms with Gasteiger partial charge in [0, 0.05) is 11.2 Å². The van der Waals surface area contributed by atoms with Gasteiger partial charge in [0.25, 0.3) is 0 Å². The van der Waals surface area contributed by atoms with Gasteiger partial charge < -0.3 is 10.5 Å². The maximum Gasteiger partial charge on any atom is 0.141 e. The van der Waals surface area contributed by atoms with Gasteiger partial charge in [0.05, 0.1) is 0 Å². The Labute approximate surface area is 123 Å². The van der Waals surface area contributed by atoms with E-state index in [1.807, 2.05) is 31.2 Å². The maximum atomic E-state index is 7.36. The van der Waals surface area contributed by atoms with Gasteiger partial charge in [0.2, 0.25) is 0 Å². The van der Waals surface area contributed by atoms with Crippen molar-refractivity contribution in [3.8, 4) is 5.75 Å². The second-order valence-corrected chi connectivity index (χ2v) is 4.77. The minimum atomic E-state index is -0.0494. The number of ether oxygens (including phenoxy) is 1. The first-order valence-electron chi connectivity index (χ1n) is 6.30. The highest BCUT2D eigenvalue weighted by Gasteiger charge is 2.03. The minimum Gasteiger partial charge on any atom is -0.489 e. The van der Waals surface area contributed by atoms with E-state index in [1.54, 1.807) is 12.3 Å². The highest BCUT2D eigenvalue weighted by Crippen LogP contribution is 2.23. The predicted octanol–water partition coefficient (Wildman–Crippen LogP) is 3.16. The Bertz CT molecular complexity index is 628. The number of aryl methyl sites for hydroxylation is 1. The summed E-state index contributed by atoms with van der Waals surface area (Å²) in [4.78, 5) is 4.01. The average Bonchev–Trinajstić information content (AvgIpc) is 2.46. The van der Waals surface area contributed by atoms with Gasteiger partial charge >= 0.3 is 0 Å². The first-order valence-corrected chi connectivity index (χ1v) is 6.68. The fraction of sp³-hybridized carbons (Fsp3) is 0.200. The molecular formula is C15H16ClN3O. The third-order valence-corrected chi connectivity index (χ3v) is 3.27. The lowest BCUT2D eigenvalue weighted by Gasteiger charge is -2.09. The second-order valence-electron chi connectivity index (χ2n) is 4.36. The Morgan fingerprint density at radius 3 is 2.85 bits per heavy atom. The molecule has 2 aromatic rings. The van der Waals surface area contributed by atoms with Gasteiger partial charge in [-0.25, -0.2) is 0 Å². The van der Waals surface area contributed by atoms with E-state index in [-0.39, 0.29) is 5.84 Å². The van der Waals surface area contributed by atoms with Crippen molar-refractivity contribution >= 4 is 17.4 Å². The third kappa shape index (κ3) is 3.48. The quantitative estimate of drug-likeness (QED) is 0.656. The Hall–Kier alpha value is -2.07. The molecule has 0 saturated carbocycles. The van der Waals surface area contributed by atoms with E-state index in [2.05, 4.69) is 4.98 Å². The summed E-state index contributed by atoms with van der Waals surface area (Å²) in [7, 11) is 0. The summed E-state index contributed by atoms with van der Waals surface area (Å²) in [6.07, 6.45) is 2.48. The number of halogens is 1. The van der Waals surface area contributed by atoms with Crippen molar-refractivity contribution in [3.63, 3.8) is 0 Å². The van der Waals surface area contributed by atoms with Crippen LogP contribution in [-0.4, -0.2) is 10.8 Å². The molecule has 5 heteroatoms. The summed E-state index contributed by atoms with van der Waals surface area (Å²) in [5.41, 5.74) is 7.84. The Kier molecular flexibility index (Phi) is 4.58. The van der Waals surface area contributed by atoms with Gasteiger partial charge in [-0.3, -0.25) is 10.4 Å². The SMILES string of the molecule is CCc1cc(OCc2ccnc(C(=N)N)c2)ccc1Cl. The molecule has 0 aliphatic heterocycles. The number of hydrogen-bond donors (Lipinski definition) is 2. The normalized spacial score (nSPS) is 10.3. The lowest BCUT2D eigenvalue weighted by molar-refractivity contribution is 0.306. The van der Waals surface area contributed by atoms with E-state index in [0.29, 0.717) is 12.3 Å². The number of nitrogens with zero attached hydrogens (tertiary/aromatic N) is 1. The molecule has 1 aromatic heterocycles. The van der Waals surface area contributed by atoms with E-state index < -0.39 is 0 Å². The number of nitrogens with two attached hydrogens (primary N) is 1. The molecule has 104 valence electrons. The molecule has 1 aromatic carbocycles. The van der Waals surface area contributed by atoms with Crippen LogP contribution in [0.1, 0.15) is 23.7 Å². The fourth-order valence-electron chi connectivity index (χ4n) is 1.79. The van der Waals surface area contributed by atoms with Crippen LogP contribution in [0.3, 0.4) is 0 Å². The number of amidine groups is 1. The maximum absolute atomic E-state index is 7.36. The molecule has 1 heterocycles. The summed E-state index contributed by atoms with van der Waals surface area (Å²) >= 11 is 6.07. The minimum absolute atomic E-state index is 0.0494. The van der Waals surface area contributed by atoms with E-state index in [1.165, 1.54) is 0 Å². The Morgan fingerprint density at radius 2 is 2.15 bits per heavy atom. The summed E-state index contributed by atoms with van der Waals surface area (Å²) < 4.78 is 5.73. The molecule has 4 nitrogen and oxygen atoms in total. The highest BCUT2D eigenvalue weighted by atomic mass is 35.5. The molecule has 3 N–H and O–H groups in total. The van der Waals surface area contributed by atoms with Crippen molar-refractivity contribution in [1.82, 2.24) is 4.98 Å². The van der Waals surface area contributed by atoms with Crippen LogP contribution in [0.2, 0.25) is 5.02 Å². The molecule has 0 spiro atoms. The molecule has 0 aliphatic rings. The molecule has 0 fully saturated rings. The van der Waals surface area contributed by atoms with Crippen LogP contribution < -0.4 is 10.5 Å². The largest absolute Gasteiger partial charge is 0.489 e. The van der Waals surface area contributed by atoms with Crippen LogP contribution in [-0.2, 0) is 13.0 Å². The van der Waals surface area contributed by atoms with Crippen LogP contribution in [0.25, 0.3) is 0 Å². The summed E-state index contributed by atoms with van der Waals surface area (Å²) in [6.45, 7) is 2.45. The molecule has 2 rings (SSSR count). The van der Waals surface area contributed by atoms with Crippen molar-refractivity contribution in [3.05, 3.63) is 58.4 Å². The zero-order valence-electron chi connectivity index (χ0n) is 11.2. The standard InChI is InChI=1S/C15H16ClN3O/c1-2-11-8-12(3-4-13(11)16)20-9-10-5-6-19-14(7-10)15(17)18/h3-8H,2,9H2,1H3,(H3,17,18). The van der Waals surface area contributed by atoms with Crippen molar-refractivity contribution in [1.29, 1.82) is 5.41 Å². The number of nitrogen functional groups attached to an aromatic ring is 1. The monoisotopic (exact) mass is 289 g/mol. The number of rotatable bonds is 5. The van der Waals surface area contributed by atoms with Crippen molar-refractivity contribution in [2.75, 3.05) is 0 Å². The summed E-state index contributed by atoms with van der Waals surface area (Å²) in [5.74, 6) is 0.721. The summed E-state index contributed by atoms with van der Waals surface area (Å²) in [6, 6.07) is 9.20. The molecule has 0 aliphatic carbocycles. The van der Waals surface area contributed by atoms with Crippen LogP contribution in [0.5, 0.6) is 5.75 Å². The van der Waals surface area contributed by atoms with Gasteiger partial charge in [0.15, 0.2) is 0 Å². The molecule has 0 amide bonds. The van der Waals surface area contributed by atoms with Crippen LogP contribution in [0.15, 0.2) is 36.5 Å². The summed E-state index contributed by atoms with van der Waals surface area (Å²) in [5, 5.41) is 8.12. The Balaban J connectivity index is 2.08. The van der Waals surface area contributed by atoms with E-state index in [9.17, 15) is 0 Å². The van der Waals surface area contributed by atoms with Gasteiger partial charge in [-0.05, 0) is 47.9 Å². The fourth-order valence-corrected chi connectivity index (χ4v) is 2.04. The highest BCUT2D eigenvalue weighted by molar-refractivity contribution is 6.31. The number of benzene rings is 1. The Morgan fingerprint density at radius 1 is 1.35 bits per heavy atom. The zero-order chi connectivity index (χ0) is 14.5. The second kappa shape index (κ2) is 6.39. The van der Waals surface area contributed by atoms with Crippen LogP contribution >= 0.6 is 11.6 Å². The van der Waals surface area contributed by atoms with Gasteiger partial charge in [-0.15, -0.1) is 0 Å². The molecule has 20 heavy (non-hydrogen) atoms. The van der Waals surface area contributed by atoms with Crippen molar-refractivity contribution < 1.29 is 4.74 Å². The molecule has 0 unspecified atom stereocenters. The number of hydrogen-bond acceptors (Lipinski definition) is 3. The zero-order valence-corrected chi connectivity index (χ0v) is 11.9. The molecule has 0 bridgehead atoms. The number of nitrogens with one attached hydrogen (secondary N) is 1. The molecule has 0 radical (unpaired) electrons. The first-order chi connectivity index (χ1) is 9.60. The van der Waals surface area contributed by atoms with Crippen LogP contribution in [0, 0.1) is 5.41 Å². The van der Waals surface area contributed by atoms with Crippen molar-refractivity contribution in [2.24, 2.45) is 5.73 Å². The smallest absolute Gasteiger partial charge is 0.141 e. The van der Waals surface area contributed by atoms with E-state index in [0.717, 1.165) is 28.3 Å². The van der Waals surface area contributed by atoms with Crippen LogP contribution in [0.4, 0.5) is 0 Å². The lowest BCUT2D eigenvalue weighted by atomic mass is 10.1. The predicted molar refractivity (Wildman–Crippen MR) is 80.4 cm³/mol. The molecule has 0 saturated heterocycles. The third-order valence-electron chi connectivity index (χ3n) is 2.90. The van der Waals surface area contributed by atoms with E-state index >= 15 is 0 Å².